The average molecular weight is 231 g/mol. The number of nitrogens with zero attached hydrogens (tertiary/aromatic N) is 1. The first-order valence-corrected chi connectivity index (χ1v) is 6.27. The van der Waals surface area contributed by atoms with Crippen LogP contribution in [0, 0.1) is 0 Å². The van der Waals surface area contributed by atoms with Crippen LogP contribution >= 0.6 is 0 Å². The third kappa shape index (κ3) is 3.66. The van der Waals surface area contributed by atoms with Gasteiger partial charge in [-0.25, -0.2) is 4.79 Å². The zero-order valence-corrected chi connectivity index (χ0v) is 9.92. The molecule has 0 aromatic carbocycles. The van der Waals surface area contributed by atoms with E-state index in [9.17, 15) is 9.00 Å². The lowest BCUT2D eigenvalue weighted by Crippen LogP contribution is -2.27. The van der Waals surface area contributed by atoms with Crippen molar-refractivity contribution in [3.05, 3.63) is 12.3 Å². The molecule has 0 aliphatic carbocycles. The fourth-order valence-electron chi connectivity index (χ4n) is 1.43. The molecule has 86 valence electrons. The summed E-state index contributed by atoms with van der Waals surface area (Å²) in [6.07, 6.45) is 3.52. The number of carboxylic acids is 1. The average Bonchev–Trinajstić information content (AvgIpc) is 2.26. The number of aliphatic carboxylic acids is 1. The minimum Gasteiger partial charge on any atom is -0.478 e. The first kappa shape index (κ1) is 12.2. The SMILES string of the molecule is CC1(C)CCN(/C=C/C(=O)O)CCS1=O. The highest BCUT2D eigenvalue weighted by atomic mass is 32.2. The van der Waals surface area contributed by atoms with E-state index in [1.807, 2.05) is 18.7 Å². The van der Waals surface area contributed by atoms with Crippen molar-refractivity contribution in [1.29, 1.82) is 0 Å². The molecule has 1 aliphatic heterocycles. The highest BCUT2D eigenvalue weighted by Crippen LogP contribution is 2.21. The molecule has 1 atom stereocenters. The van der Waals surface area contributed by atoms with Crippen molar-refractivity contribution >= 4 is 16.8 Å². The molecule has 0 saturated carbocycles. The van der Waals surface area contributed by atoms with Gasteiger partial charge in [0, 0.05) is 46.7 Å². The lowest BCUT2D eigenvalue weighted by molar-refractivity contribution is -0.131. The van der Waals surface area contributed by atoms with Crippen molar-refractivity contribution in [2.45, 2.75) is 25.0 Å². The monoisotopic (exact) mass is 231 g/mol. The summed E-state index contributed by atoms with van der Waals surface area (Å²) in [5.41, 5.74) is 0. The second-order valence-corrected chi connectivity index (χ2v) is 6.45. The Kier molecular flexibility index (Phi) is 3.90. The van der Waals surface area contributed by atoms with Crippen molar-refractivity contribution in [1.82, 2.24) is 4.90 Å². The second kappa shape index (κ2) is 4.79. The van der Waals surface area contributed by atoms with E-state index in [0.29, 0.717) is 12.3 Å². The summed E-state index contributed by atoms with van der Waals surface area (Å²) in [6, 6.07) is 0. The molecule has 1 N–H and O–H groups in total. The van der Waals surface area contributed by atoms with E-state index in [1.54, 1.807) is 6.20 Å². The molecule has 0 bridgehead atoms. The Balaban J connectivity index is 2.60. The maximum absolute atomic E-state index is 11.8. The summed E-state index contributed by atoms with van der Waals surface area (Å²) in [4.78, 5) is 12.3. The van der Waals surface area contributed by atoms with E-state index < -0.39 is 16.8 Å². The Labute approximate surface area is 92.4 Å². The molecule has 1 aliphatic rings. The molecule has 0 amide bonds. The largest absolute Gasteiger partial charge is 0.478 e. The van der Waals surface area contributed by atoms with Crippen molar-refractivity contribution in [2.24, 2.45) is 0 Å². The highest BCUT2D eigenvalue weighted by Gasteiger charge is 2.28. The molecule has 1 rings (SSSR count). The normalized spacial score (nSPS) is 26.5. The van der Waals surface area contributed by atoms with Gasteiger partial charge < -0.3 is 10.0 Å². The van der Waals surface area contributed by atoms with Gasteiger partial charge in [0.2, 0.25) is 0 Å². The van der Waals surface area contributed by atoms with Gasteiger partial charge >= 0.3 is 5.97 Å². The minimum atomic E-state index is -0.945. The van der Waals surface area contributed by atoms with Crippen LogP contribution < -0.4 is 0 Å². The van der Waals surface area contributed by atoms with E-state index in [-0.39, 0.29) is 4.75 Å². The topological polar surface area (TPSA) is 57.6 Å². The van der Waals surface area contributed by atoms with Gasteiger partial charge in [-0.05, 0) is 20.3 Å². The Morgan fingerprint density at radius 1 is 1.47 bits per heavy atom. The number of carboxylic acid groups (broad SMARTS) is 1. The zero-order valence-electron chi connectivity index (χ0n) is 9.10. The molecule has 1 fully saturated rings. The lowest BCUT2D eigenvalue weighted by atomic mass is 10.1. The van der Waals surface area contributed by atoms with Crippen molar-refractivity contribution < 1.29 is 14.1 Å². The van der Waals surface area contributed by atoms with Crippen molar-refractivity contribution in [2.75, 3.05) is 18.8 Å². The third-order valence-electron chi connectivity index (χ3n) is 2.61. The summed E-state index contributed by atoms with van der Waals surface area (Å²) in [5.74, 6) is -0.337. The molecular weight excluding hydrogens is 214 g/mol. The van der Waals surface area contributed by atoms with Crippen LogP contribution in [-0.4, -0.2) is 43.8 Å². The van der Waals surface area contributed by atoms with E-state index in [4.69, 9.17) is 5.11 Å². The van der Waals surface area contributed by atoms with Gasteiger partial charge in [0.15, 0.2) is 0 Å². The van der Waals surface area contributed by atoms with Gasteiger partial charge in [-0.3, -0.25) is 4.21 Å². The van der Waals surface area contributed by atoms with Crippen LogP contribution in [0.25, 0.3) is 0 Å². The molecule has 1 saturated heterocycles. The molecule has 1 unspecified atom stereocenters. The molecule has 0 spiro atoms. The van der Waals surface area contributed by atoms with E-state index in [1.165, 1.54) is 0 Å². The van der Waals surface area contributed by atoms with Crippen LogP contribution in [0.1, 0.15) is 20.3 Å². The molecule has 0 radical (unpaired) electrons. The van der Waals surface area contributed by atoms with Gasteiger partial charge in [-0.15, -0.1) is 0 Å². The lowest BCUT2D eigenvalue weighted by Gasteiger charge is -2.21. The molecule has 4 nitrogen and oxygen atoms in total. The standard InChI is InChI=1S/C10H17NO3S/c1-10(2)4-6-11(5-3-9(12)13)7-8-15(10)14/h3,5H,4,6-8H2,1-2H3,(H,12,13)/b5-3+. The summed E-state index contributed by atoms with van der Waals surface area (Å²) in [6.45, 7) is 5.42. The summed E-state index contributed by atoms with van der Waals surface area (Å²) in [5, 5.41) is 8.50. The van der Waals surface area contributed by atoms with Gasteiger partial charge in [-0.1, -0.05) is 0 Å². The number of hydrogen-bond acceptors (Lipinski definition) is 3. The fraction of sp³-hybridized carbons (Fsp3) is 0.700. The fourth-order valence-corrected chi connectivity index (χ4v) is 2.71. The van der Waals surface area contributed by atoms with E-state index in [2.05, 4.69) is 0 Å². The predicted octanol–water partition coefficient (Wildman–Crippen LogP) is 0.818. The summed E-state index contributed by atoms with van der Waals surface area (Å²) >= 11 is 0. The molecular formula is C10H17NO3S. The van der Waals surface area contributed by atoms with Crippen molar-refractivity contribution in [3.63, 3.8) is 0 Å². The smallest absolute Gasteiger partial charge is 0.329 e. The Morgan fingerprint density at radius 3 is 2.73 bits per heavy atom. The Hall–Kier alpha value is -0.840. The third-order valence-corrected chi connectivity index (χ3v) is 4.60. The van der Waals surface area contributed by atoms with E-state index >= 15 is 0 Å². The van der Waals surface area contributed by atoms with Gasteiger partial charge in [0.05, 0.1) is 0 Å². The molecule has 1 heterocycles. The maximum Gasteiger partial charge on any atom is 0.329 e. The van der Waals surface area contributed by atoms with Crippen LogP contribution in [0.3, 0.4) is 0 Å². The number of rotatable bonds is 2. The Bertz CT molecular complexity index is 299. The van der Waals surface area contributed by atoms with E-state index in [0.717, 1.165) is 19.0 Å². The van der Waals surface area contributed by atoms with Crippen molar-refractivity contribution in [3.8, 4) is 0 Å². The molecule has 0 aromatic heterocycles. The van der Waals surface area contributed by atoms with Crippen LogP contribution in [0.4, 0.5) is 0 Å². The molecule has 0 aromatic rings. The number of carbonyl (C=O) groups is 1. The van der Waals surface area contributed by atoms with Gasteiger partial charge in [0.25, 0.3) is 0 Å². The first-order chi connectivity index (χ1) is 6.92. The molecule has 15 heavy (non-hydrogen) atoms. The van der Waals surface area contributed by atoms with Crippen LogP contribution in [0.2, 0.25) is 0 Å². The van der Waals surface area contributed by atoms with Gasteiger partial charge in [-0.2, -0.15) is 0 Å². The number of hydrogen-bond donors (Lipinski definition) is 1. The quantitative estimate of drug-likeness (QED) is 0.715. The maximum atomic E-state index is 11.8. The zero-order chi connectivity index (χ0) is 11.5. The predicted molar refractivity (Wildman–Crippen MR) is 60.1 cm³/mol. The second-order valence-electron chi connectivity index (χ2n) is 4.25. The minimum absolute atomic E-state index is 0.161. The highest BCUT2D eigenvalue weighted by molar-refractivity contribution is 7.86. The first-order valence-electron chi connectivity index (χ1n) is 4.95. The van der Waals surface area contributed by atoms with Crippen LogP contribution in [0.5, 0.6) is 0 Å². The molecule has 5 heteroatoms. The van der Waals surface area contributed by atoms with Crippen LogP contribution in [0.15, 0.2) is 12.3 Å². The summed E-state index contributed by atoms with van der Waals surface area (Å²) in [7, 11) is -0.826. The Morgan fingerprint density at radius 2 is 2.13 bits per heavy atom. The van der Waals surface area contributed by atoms with Gasteiger partial charge in [0.1, 0.15) is 0 Å². The van der Waals surface area contributed by atoms with Crippen LogP contribution in [-0.2, 0) is 15.6 Å². The summed E-state index contributed by atoms with van der Waals surface area (Å²) < 4.78 is 11.6.